The van der Waals surface area contributed by atoms with Crippen molar-refractivity contribution in [3.05, 3.63) is 162 Å². The molecular formula is C31H27N3O2. The van der Waals surface area contributed by atoms with Crippen molar-refractivity contribution >= 4 is 0 Å². The standard InChI is InChI=1S/C31H27N3O2/c35-30(24-12-3-1-4-13-24,25-14-5-2-6-15-25)22-26-16-11-17-27(34-26)23-31(36,28-18-7-9-20-32-28)29-19-8-10-21-33-29/h1-21,35-36H,22-23H2. The monoisotopic (exact) mass is 473 g/mol. The Morgan fingerprint density at radius 3 is 1.36 bits per heavy atom. The summed E-state index contributed by atoms with van der Waals surface area (Å²) in [5.74, 6) is 0. The topological polar surface area (TPSA) is 79.1 Å². The van der Waals surface area contributed by atoms with E-state index in [-0.39, 0.29) is 12.8 Å². The molecule has 36 heavy (non-hydrogen) atoms. The minimum atomic E-state index is -1.46. The molecule has 0 radical (unpaired) electrons. The summed E-state index contributed by atoms with van der Waals surface area (Å²) < 4.78 is 0. The number of pyridine rings is 3. The molecule has 0 fully saturated rings. The maximum Gasteiger partial charge on any atom is 0.154 e. The molecule has 0 aliphatic heterocycles. The Hall–Kier alpha value is -4.19. The molecule has 0 saturated carbocycles. The van der Waals surface area contributed by atoms with E-state index in [1.165, 1.54) is 0 Å². The molecule has 2 aromatic carbocycles. The van der Waals surface area contributed by atoms with Gasteiger partial charge in [0.1, 0.15) is 5.60 Å². The molecule has 0 amide bonds. The Balaban J connectivity index is 1.52. The van der Waals surface area contributed by atoms with Crippen molar-refractivity contribution in [1.29, 1.82) is 0 Å². The Kier molecular flexibility index (Phi) is 6.67. The van der Waals surface area contributed by atoms with Crippen molar-refractivity contribution in [2.24, 2.45) is 0 Å². The first-order chi connectivity index (χ1) is 17.6. The summed E-state index contributed by atoms with van der Waals surface area (Å²) in [4.78, 5) is 13.7. The number of hydrogen-bond donors (Lipinski definition) is 2. The summed E-state index contributed by atoms with van der Waals surface area (Å²) in [6.07, 6.45) is 3.78. The molecule has 0 spiro atoms. The summed E-state index contributed by atoms with van der Waals surface area (Å²) in [5, 5.41) is 23.8. The van der Waals surface area contributed by atoms with Gasteiger partial charge in [-0.3, -0.25) is 15.0 Å². The molecule has 178 valence electrons. The van der Waals surface area contributed by atoms with E-state index >= 15 is 0 Å². The van der Waals surface area contributed by atoms with E-state index in [1.807, 2.05) is 103 Å². The van der Waals surface area contributed by atoms with Gasteiger partial charge in [-0.25, -0.2) is 0 Å². The Bertz CT molecular complexity index is 1210. The summed E-state index contributed by atoms with van der Waals surface area (Å²) in [6, 6.07) is 35.9. The molecule has 0 aliphatic rings. The van der Waals surface area contributed by atoms with Crippen molar-refractivity contribution in [1.82, 2.24) is 15.0 Å². The average Bonchev–Trinajstić information content (AvgIpc) is 2.95. The fraction of sp³-hybridized carbons (Fsp3) is 0.129. The zero-order valence-corrected chi connectivity index (χ0v) is 19.8. The van der Waals surface area contributed by atoms with Crippen LogP contribution in [0, 0.1) is 0 Å². The van der Waals surface area contributed by atoms with Crippen molar-refractivity contribution in [2.75, 3.05) is 0 Å². The molecular weight excluding hydrogens is 446 g/mol. The van der Waals surface area contributed by atoms with Gasteiger partial charge in [0.15, 0.2) is 5.60 Å². The van der Waals surface area contributed by atoms with Gasteiger partial charge < -0.3 is 10.2 Å². The van der Waals surface area contributed by atoms with Crippen LogP contribution in [0.1, 0.15) is 33.9 Å². The molecule has 3 aromatic heterocycles. The first-order valence-electron chi connectivity index (χ1n) is 11.9. The molecule has 5 nitrogen and oxygen atoms in total. The highest BCUT2D eigenvalue weighted by atomic mass is 16.3. The number of nitrogens with zero attached hydrogens (tertiary/aromatic N) is 3. The van der Waals surface area contributed by atoms with Crippen LogP contribution in [0.15, 0.2) is 128 Å². The Labute approximate surface area is 210 Å². The molecule has 5 rings (SSSR count). The number of aromatic nitrogens is 3. The molecule has 2 N–H and O–H groups in total. The van der Waals surface area contributed by atoms with Gasteiger partial charge in [0.05, 0.1) is 11.4 Å². The number of rotatable bonds is 8. The molecule has 0 saturated heterocycles. The van der Waals surface area contributed by atoms with Crippen LogP contribution in [0.3, 0.4) is 0 Å². The van der Waals surface area contributed by atoms with Gasteiger partial charge >= 0.3 is 0 Å². The minimum absolute atomic E-state index is 0.184. The van der Waals surface area contributed by atoms with Crippen molar-refractivity contribution in [2.45, 2.75) is 24.0 Å². The first-order valence-corrected chi connectivity index (χ1v) is 11.9. The lowest BCUT2D eigenvalue weighted by atomic mass is 9.82. The van der Waals surface area contributed by atoms with Gasteiger partial charge in [0, 0.05) is 36.6 Å². The molecule has 3 heterocycles. The van der Waals surface area contributed by atoms with E-state index in [4.69, 9.17) is 4.98 Å². The van der Waals surface area contributed by atoms with E-state index in [0.717, 1.165) is 11.1 Å². The zero-order chi connectivity index (χ0) is 24.8. The van der Waals surface area contributed by atoms with Gasteiger partial charge in [-0.15, -0.1) is 0 Å². The highest BCUT2D eigenvalue weighted by Crippen LogP contribution is 2.34. The Morgan fingerprint density at radius 2 is 0.917 bits per heavy atom. The second-order valence-corrected chi connectivity index (χ2v) is 8.86. The van der Waals surface area contributed by atoms with E-state index in [1.54, 1.807) is 24.5 Å². The largest absolute Gasteiger partial charge is 0.380 e. The highest BCUT2D eigenvalue weighted by molar-refractivity contribution is 5.38. The highest BCUT2D eigenvalue weighted by Gasteiger charge is 2.36. The van der Waals surface area contributed by atoms with Crippen LogP contribution in [-0.4, -0.2) is 25.2 Å². The van der Waals surface area contributed by atoms with Crippen LogP contribution >= 0.6 is 0 Å². The predicted molar refractivity (Wildman–Crippen MR) is 139 cm³/mol. The third kappa shape index (κ3) is 4.80. The van der Waals surface area contributed by atoms with Gasteiger partial charge in [-0.1, -0.05) is 78.9 Å². The molecule has 0 atom stereocenters. The summed E-state index contributed by atoms with van der Waals surface area (Å²) in [6.45, 7) is 0. The number of aliphatic hydroxyl groups is 2. The summed E-state index contributed by atoms with van der Waals surface area (Å²) in [7, 11) is 0. The van der Waals surface area contributed by atoms with E-state index < -0.39 is 11.2 Å². The second kappa shape index (κ2) is 10.2. The van der Waals surface area contributed by atoms with E-state index in [2.05, 4.69) is 9.97 Å². The van der Waals surface area contributed by atoms with Crippen LogP contribution in [0.2, 0.25) is 0 Å². The van der Waals surface area contributed by atoms with Crippen molar-refractivity contribution < 1.29 is 10.2 Å². The van der Waals surface area contributed by atoms with E-state index in [0.29, 0.717) is 22.8 Å². The molecule has 0 unspecified atom stereocenters. The van der Waals surface area contributed by atoms with Crippen molar-refractivity contribution in [3.8, 4) is 0 Å². The maximum absolute atomic E-state index is 12.0. The van der Waals surface area contributed by atoms with Gasteiger partial charge in [0.25, 0.3) is 0 Å². The minimum Gasteiger partial charge on any atom is -0.380 e. The molecule has 0 bridgehead atoms. The first kappa shape index (κ1) is 23.5. The molecule has 0 aliphatic carbocycles. The third-order valence-corrected chi connectivity index (χ3v) is 6.42. The maximum atomic E-state index is 12.0. The quantitative estimate of drug-likeness (QED) is 0.338. The average molecular weight is 474 g/mol. The fourth-order valence-corrected chi connectivity index (χ4v) is 4.58. The lowest BCUT2D eigenvalue weighted by Gasteiger charge is -2.30. The molecule has 5 aromatic rings. The van der Waals surface area contributed by atoms with Crippen LogP contribution in [0.25, 0.3) is 0 Å². The van der Waals surface area contributed by atoms with Gasteiger partial charge in [0.2, 0.25) is 0 Å². The van der Waals surface area contributed by atoms with E-state index in [9.17, 15) is 10.2 Å². The lowest BCUT2D eigenvalue weighted by molar-refractivity contribution is 0.0702. The number of hydrogen-bond acceptors (Lipinski definition) is 5. The predicted octanol–water partition coefficient (Wildman–Crippen LogP) is 4.83. The lowest BCUT2D eigenvalue weighted by Crippen LogP contribution is -2.33. The van der Waals surface area contributed by atoms with Crippen LogP contribution in [0.4, 0.5) is 0 Å². The normalized spacial score (nSPS) is 11.8. The number of benzene rings is 2. The second-order valence-electron chi connectivity index (χ2n) is 8.86. The van der Waals surface area contributed by atoms with Gasteiger partial charge in [-0.05, 0) is 47.5 Å². The van der Waals surface area contributed by atoms with Crippen LogP contribution in [-0.2, 0) is 24.0 Å². The van der Waals surface area contributed by atoms with Gasteiger partial charge in [-0.2, -0.15) is 0 Å². The summed E-state index contributed by atoms with van der Waals surface area (Å²) >= 11 is 0. The smallest absolute Gasteiger partial charge is 0.154 e. The van der Waals surface area contributed by atoms with Crippen molar-refractivity contribution in [3.63, 3.8) is 0 Å². The van der Waals surface area contributed by atoms with Crippen LogP contribution < -0.4 is 0 Å². The zero-order valence-electron chi connectivity index (χ0n) is 19.8. The fourth-order valence-electron chi connectivity index (χ4n) is 4.58. The Morgan fingerprint density at radius 1 is 0.472 bits per heavy atom. The SMILES string of the molecule is OC(Cc1cccc(CC(O)(c2ccccn2)c2ccccn2)n1)(c1ccccc1)c1ccccc1. The van der Waals surface area contributed by atoms with Crippen LogP contribution in [0.5, 0.6) is 0 Å². The molecule has 5 heteroatoms. The summed E-state index contributed by atoms with van der Waals surface area (Å²) in [5.41, 5.74) is 1.27. The third-order valence-electron chi connectivity index (χ3n) is 6.42.